The van der Waals surface area contributed by atoms with E-state index in [9.17, 15) is 30.6 Å². The number of benzene rings is 3. The van der Waals surface area contributed by atoms with Crippen LogP contribution in [0.1, 0.15) is 0 Å². The Labute approximate surface area is 208 Å². The normalized spacial score (nSPS) is 11.4. The second-order valence-corrected chi connectivity index (χ2v) is 9.33. The Morgan fingerprint density at radius 3 is 1.00 bits per heavy atom. The van der Waals surface area contributed by atoms with E-state index in [-0.39, 0.29) is 32.0 Å². The van der Waals surface area contributed by atoms with E-state index in [4.69, 9.17) is 0 Å². The van der Waals surface area contributed by atoms with Gasteiger partial charge in [0.25, 0.3) is 0 Å². The first-order valence-electron chi connectivity index (χ1n) is 9.85. The molecule has 2 heterocycles. The minimum atomic E-state index is -0.435. The lowest BCUT2D eigenvalue weighted by molar-refractivity contribution is 0.406. The molecule has 0 fully saturated rings. The van der Waals surface area contributed by atoms with E-state index in [0.717, 1.165) is 18.1 Å². The van der Waals surface area contributed by atoms with Gasteiger partial charge in [-0.25, -0.2) is 0 Å². The second kappa shape index (κ2) is 7.93. The Hall–Kier alpha value is -3.76. The van der Waals surface area contributed by atoms with Crippen LogP contribution in [0.5, 0.6) is 23.5 Å². The van der Waals surface area contributed by atoms with Gasteiger partial charge in [-0.3, -0.25) is 9.13 Å². The first-order chi connectivity index (χ1) is 16.3. The molecule has 8 nitrogen and oxygen atoms in total. The number of hydrogen-bond donors (Lipinski definition) is 6. The molecule has 0 bridgehead atoms. The highest BCUT2D eigenvalue weighted by Gasteiger charge is 2.28. The lowest BCUT2D eigenvalue weighted by Gasteiger charge is -2.07. The van der Waals surface area contributed by atoms with Gasteiger partial charge >= 0.3 is 0 Å². The predicted molar refractivity (Wildman–Crippen MR) is 136 cm³/mol. The third-order valence-electron chi connectivity index (χ3n) is 5.75. The summed E-state index contributed by atoms with van der Waals surface area (Å²) in [5.41, 5.74) is 0.806. The van der Waals surface area contributed by atoms with Crippen molar-refractivity contribution >= 4 is 65.9 Å². The van der Waals surface area contributed by atoms with Gasteiger partial charge in [-0.2, -0.15) is 0 Å². The van der Waals surface area contributed by atoms with E-state index in [2.05, 4.69) is 31.9 Å². The number of aliphatic hydroxyl groups is 2. The standard InChI is InChI=1S/C24H16Br2N2O6/c25-11-1-5-13(6-2-11)27-21(31)17-15(9-29)19-20(16(10-30)18(17)22(27)32)24(34)28(23(19)33)14-7-3-12(26)4-8-14/h1-10,29-34H. The largest absolute Gasteiger partial charge is 0.515 e. The molecule has 0 aliphatic rings. The minimum absolute atomic E-state index is 0.0287. The molecule has 0 atom stereocenters. The maximum Gasteiger partial charge on any atom is 0.207 e. The zero-order valence-electron chi connectivity index (χ0n) is 17.1. The summed E-state index contributed by atoms with van der Waals surface area (Å²) in [6, 6.07) is 13.4. The maximum absolute atomic E-state index is 11.1. The summed E-state index contributed by atoms with van der Waals surface area (Å²) >= 11 is 6.67. The summed E-state index contributed by atoms with van der Waals surface area (Å²) in [7, 11) is 0. The Morgan fingerprint density at radius 2 is 0.765 bits per heavy atom. The monoisotopic (exact) mass is 586 g/mol. The number of rotatable bonds is 2. The van der Waals surface area contributed by atoms with Gasteiger partial charge in [0.15, 0.2) is 0 Å². The molecule has 0 saturated carbocycles. The van der Waals surface area contributed by atoms with Crippen LogP contribution in [0, 0.1) is 0 Å². The van der Waals surface area contributed by atoms with Crippen molar-refractivity contribution in [2.45, 2.75) is 0 Å². The van der Waals surface area contributed by atoms with Crippen LogP contribution in [0.15, 0.2) is 57.5 Å². The summed E-state index contributed by atoms with van der Waals surface area (Å²) in [4.78, 5) is 0. The average Bonchev–Trinajstić information content (AvgIpc) is 3.24. The number of fused-ring (bicyclic) bond motifs is 2. The molecule has 0 unspecified atom stereocenters. The molecular formula is C24H16Br2N2O6. The Balaban J connectivity index is 2.00. The van der Waals surface area contributed by atoms with Crippen LogP contribution in [0.3, 0.4) is 0 Å². The smallest absolute Gasteiger partial charge is 0.207 e. The van der Waals surface area contributed by atoms with Crippen molar-refractivity contribution in [3.8, 4) is 34.9 Å². The van der Waals surface area contributed by atoms with Crippen molar-refractivity contribution in [2.75, 3.05) is 0 Å². The van der Waals surface area contributed by atoms with Crippen molar-refractivity contribution in [1.82, 2.24) is 9.13 Å². The highest BCUT2D eigenvalue weighted by atomic mass is 79.9. The minimum Gasteiger partial charge on any atom is -0.515 e. The molecule has 6 N–H and O–H groups in total. The van der Waals surface area contributed by atoms with Gasteiger partial charge < -0.3 is 30.6 Å². The second-order valence-electron chi connectivity index (χ2n) is 7.50. The zero-order valence-corrected chi connectivity index (χ0v) is 20.3. The predicted octanol–water partition coefficient (Wildman–Crippen LogP) is 4.51. The van der Waals surface area contributed by atoms with Crippen LogP contribution >= 0.6 is 31.9 Å². The zero-order chi connectivity index (χ0) is 24.3. The molecule has 5 rings (SSSR count). The van der Waals surface area contributed by atoms with Gasteiger partial charge in [0.05, 0.1) is 45.4 Å². The third kappa shape index (κ3) is 2.95. The van der Waals surface area contributed by atoms with Crippen LogP contribution in [0.2, 0.25) is 0 Å². The van der Waals surface area contributed by atoms with E-state index in [0.29, 0.717) is 23.9 Å². The SMILES string of the molecule is OC=c1c2c(O)n(-c3ccc(Br)cc3)c(O)c2c(=CO)c2c(O)n(-c3ccc(Br)cc3)c(O)c12. The third-order valence-corrected chi connectivity index (χ3v) is 6.80. The van der Waals surface area contributed by atoms with Gasteiger partial charge in [-0.05, 0) is 48.5 Å². The molecule has 5 aromatic rings. The van der Waals surface area contributed by atoms with Crippen LogP contribution in [-0.4, -0.2) is 39.8 Å². The fraction of sp³-hybridized carbons (Fsp3) is 0. The maximum atomic E-state index is 11.1. The Bertz CT molecular complexity index is 1520. The summed E-state index contributed by atoms with van der Waals surface area (Å²) < 4.78 is 3.83. The van der Waals surface area contributed by atoms with Crippen molar-refractivity contribution in [3.63, 3.8) is 0 Å². The molecular weight excluding hydrogens is 572 g/mol. The molecule has 34 heavy (non-hydrogen) atoms. The van der Waals surface area contributed by atoms with Crippen molar-refractivity contribution in [2.24, 2.45) is 0 Å². The first-order valence-corrected chi connectivity index (χ1v) is 11.4. The molecule has 2 aromatic heterocycles. The van der Waals surface area contributed by atoms with E-state index in [1.165, 1.54) is 0 Å². The molecule has 0 amide bonds. The van der Waals surface area contributed by atoms with Crippen molar-refractivity contribution < 1.29 is 30.6 Å². The molecule has 0 radical (unpaired) electrons. The van der Waals surface area contributed by atoms with Crippen LogP contribution < -0.4 is 10.4 Å². The molecule has 3 aromatic carbocycles. The fourth-order valence-electron chi connectivity index (χ4n) is 4.29. The number of aromatic hydroxyl groups is 4. The van der Waals surface area contributed by atoms with Gasteiger partial charge in [0, 0.05) is 19.4 Å². The lowest BCUT2D eigenvalue weighted by atomic mass is 10.0. The number of hydrogen-bond acceptors (Lipinski definition) is 6. The number of aliphatic hydroxyl groups excluding tert-OH is 2. The van der Waals surface area contributed by atoms with Gasteiger partial charge in [-0.1, -0.05) is 31.9 Å². The lowest BCUT2D eigenvalue weighted by Crippen LogP contribution is -2.12. The molecule has 172 valence electrons. The molecule has 0 aliphatic heterocycles. The number of nitrogens with zero attached hydrogens (tertiary/aromatic N) is 2. The topological polar surface area (TPSA) is 131 Å². The number of halogens is 2. The van der Waals surface area contributed by atoms with Gasteiger partial charge in [-0.15, -0.1) is 0 Å². The summed E-state index contributed by atoms with van der Waals surface area (Å²) in [5, 5.41) is 64.5. The van der Waals surface area contributed by atoms with Crippen LogP contribution in [0.4, 0.5) is 0 Å². The van der Waals surface area contributed by atoms with Gasteiger partial charge in [0.1, 0.15) is 0 Å². The van der Waals surface area contributed by atoms with E-state index in [1.807, 2.05) is 0 Å². The molecule has 0 saturated heterocycles. The van der Waals surface area contributed by atoms with E-state index < -0.39 is 23.5 Å². The van der Waals surface area contributed by atoms with Crippen molar-refractivity contribution in [1.29, 1.82) is 0 Å². The summed E-state index contributed by atoms with van der Waals surface area (Å²) in [6.45, 7) is 0. The Morgan fingerprint density at radius 1 is 0.500 bits per heavy atom. The summed E-state index contributed by atoms with van der Waals surface area (Å²) in [5.74, 6) is -1.74. The number of aromatic nitrogens is 2. The molecule has 0 aliphatic carbocycles. The van der Waals surface area contributed by atoms with E-state index in [1.54, 1.807) is 48.5 Å². The average molecular weight is 588 g/mol. The van der Waals surface area contributed by atoms with E-state index >= 15 is 0 Å². The highest BCUT2D eigenvalue weighted by Crippen LogP contribution is 2.41. The molecule has 0 spiro atoms. The van der Waals surface area contributed by atoms with Crippen molar-refractivity contribution in [3.05, 3.63) is 67.9 Å². The summed E-state index contributed by atoms with van der Waals surface area (Å²) in [6.07, 6.45) is 1.34. The first kappa shape index (κ1) is 22.1. The quantitative estimate of drug-likeness (QED) is 0.180. The Kier molecular flexibility index (Phi) is 5.14. The van der Waals surface area contributed by atoms with Crippen LogP contribution in [0.25, 0.3) is 45.4 Å². The van der Waals surface area contributed by atoms with Gasteiger partial charge in [0.2, 0.25) is 23.5 Å². The fourth-order valence-corrected chi connectivity index (χ4v) is 4.82. The van der Waals surface area contributed by atoms with Crippen LogP contribution in [-0.2, 0) is 0 Å². The molecule has 10 heteroatoms. The highest BCUT2D eigenvalue weighted by molar-refractivity contribution is 9.10.